The van der Waals surface area contributed by atoms with Crippen molar-refractivity contribution in [3.05, 3.63) is 94.6 Å². The maximum absolute atomic E-state index is 12.5. The van der Waals surface area contributed by atoms with Crippen molar-refractivity contribution in [1.82, 2.24) is 10.6 Å². The molecule has 2 N–H and O–H groups in total. The van der Waals surface area contributed by atoms with Crippen LogP contribution >= 0.6 is 11.6 Å². The number of aliphatic carboxylic acids is 1. The first-order valence-corrected chi connectivity index (χ1v) is 10.9. The van der Waals surface area contributed by atoms with Gasteiger partial charge in [-0.3, -0.25) is 5.32 Å². The average molecular weight is 460 g/mol. The Morgan fingerprint density at radius 3 is 2.33 bits per heavy atom. The maximum atomic E-state index is 12.5. The smallest absolute Gasteiger partial charge is 0.407 e. The fourth-order valence-corrected chi connectivity index (χ4v) is 4.63. The Morgan fingerprint density at radius 1 is 1.00 bits per heavy atom. The van der Waals surface area contributed by atoms with Crippen molar-refractivity contribution >= 4 is 34.9 Å². The molecule has 0 fully saturated rings. The molecule has 0 saturated heterocycles. The first kappa shape index (κ1) is 21.1. The number of nitrogens with one attached hydrogen (secondary N) is 1. The molecule has 165 valence electrons. The van der Waals surface area contributed by atoms with Crippen LogP contribution in [0, 0.1) is 0 Å². The molecule has 5 rings (SSSR count). The second kappa shape index (κ2) is 8.64. The summed E-state index contributed by atoms with van der Waals surface area (Å²) in [5.74, 6) is -1.24. The average Bonchev–Trinajstić information content (AvgIpc) is 3.35. The van der Waals surface area contributed by atoms with Gasteiger partial charge in [0.2, 0.25) is 0 Å². The molecule has 33 heavy (non-hydrogen) atoms. The largest absolute Gasteiger partial charge is 0.480 e. The Hall–Kier alpha value is -3.77. The van der Waals surface area contributed by atoms with Crippen molar-refractivity contribution in [3.63, 3.8) is 0 Å². The van der Waals surface area contributed by atoms with E-state index in [4.69, 9.17) is 16.3 Å². The van der Waals surface area contributed by atoms with Gasteiger partial charge < -0.3 is 15.2 Å². The second-order valence-electron chi connectivity index (χ2n) is 8.01. The highest BCUT2D eigenvalue weighted by atomic mass is 35.5. The van der Waals surface area contributed by atoms with E-state index in [1.165, 1.54) is 0 Å². The van der Waals surface area contributed by atoms with Gasteiger partial charge in [0.15, 0.2) is 0 Å². The van der Waals surface area contributed by atoms with Gasteiger partial charge >= 0.3 is 12.1 Å². The Labute approximate surface area is 195 Å². The molecule has 3 aromatic carbocycles. The third-order valence-electron chi connectivity index (χ3n) is 6.02. The quantitative estimate of drug-likeness (QED) is 0.522. The van der Waals surface area contributed by atoms with Crippen LogP contribution in [0.1, 0.15) is 29.0 Å². The number of carboxylic acids is 1. The maximum Gasteiger partial charge on any atom is 0.407 e. The minimum Gasteiger partial charge on any atom is -0.480 e. The molecule has 7 heteroatoms. The number of alkyl carbamates (subject to hydrolysis) is 1. The van der Waals surface area contributed by atoms with Crippen LogP contribution in [0.2, 0.25) is 5.02 Å². The lowest BCUT2D eigenvalue weighted by Crippen LogP contribution is -2.41. The summed E-state index contributed by atoms with van der Waals surface area (Å²) in [5.41, 5.74) is 6.64. The molecule has 1 heterocycles. The fraction of sp³-hybridized carbons (Fsp3) is 0.154. The van der Waals surface area contributed by atoms with Crippen LogP contribution in [0.15, 0.2) is 72.9 Å². The normalized spacial score (nSPS) is 14.4. The van der Waals surface area contributed by atoms with E-state index >= 15 is 0 Å². The van der Waals surface area contributed by atoms with Crippen LogP contribution in [0.25, 0.3) is 16.7 Å². The zero-order valence-electron chi connectivity index (χ0n) is 17.5. The summed E-state index contributed by atoms with van der Waals surface area (Å²) in [5, 5.41) is 17.0. The van der Waals surface area contributed by atoms with E-state index in [-0.39, 0.29) is 18.9 Å². The number of fused-ring (bicyclic) bond motifs is 4. The molecule has 0 saturated carbocycles. The van der Waals surface area contributed by atoms with Crippen LogP contribution in [-0.4, -0.2) is 29.8 Å². The summed E-state index contributed by atoms with van der Waals surface area (Å²) in [4.78, 5) is 24.4. The number of benzene rings is 3. The first-order chi connectivity index (χ1) is 16.0. The topological polar surface area (TPSA) is 89.7 Å². The van der Waals surface area contributed by atoms with E-state index < -0.39 is 18.1 Å². The summed E-state index contributed by atoms with van der Waals surface area (Å²) in [6, 6.07) is 20.2. The highest BCUT2D eigenvalue weighted by Crippen LogP contribution is 2.44. The lowest BCUT2D eigenvalue weighted by atomic mass is 9.98. The summed E-state index contributed by atoms with van der Waals surface area (Å²) < 4.78 is 5.50. The van der Waals surface area contributed by atoms with Crippen molar-refractivity contribution in [1.29, 1.82) is 0 Å². The van der Waals surface area contributed by atoms with Crippen LogP contribution in [0.4, 0.5) is 10.5 Å². The molecule has 1 atom stereocenters. The number of ether oxygens (including phenoxy) is 1. The number of carbonyl (C=O) groups excluding carboxylic acids is 1. The second-order valence-corrected chi connectivity index (χ2v) is 8.45. The first-order valence-electron chi connectivity index (χ1n) is 10.6. The number of hydrogen-bond acceptors (Lipinski definition) is 3. The lowest BCUT2D eigenvalue weighted by molar-refractivity contribution is -0.139. The molecule has 6 nitrogen and oxygen atoms in total. The van der Waals surface area contributed by atoms with Crippen LogP contribution in [-0.2, 0) is 9.53 Å². The molecular weight excluding hydrogens is 440 g/mol. The fourth-order valence-electron chi connectivity index (χ4n) is 4.47. The van der Waals surface area contributed by atoms with E-state index in [1.54, 1.807) is 24.4 Å². The highest BCUT2D eigenvalue weighted by Gasteiger charge is 2.30. The van der Waals surface area contributed by atoms with Crippen molar-refractivity contribution in [2.75, 3.05) is 6.61 Å². The van der Waals surface area contributed by atoms with Gasteiger partial charge in [0, 0.05) is 29.1 Å². The Balaban J connectivity index is 1.26. The molecule has 1 radical (unpaired) electrons. The summed E-state index contributed by atoms with van der Waals surface area (Å²) in [6.45, 7) is 0.117. The highest BCUT2D eigenvalue weighted by molar-refractivity contribution is 6.31. The van der Waals surface area contributed by atoms with E-state index in [9.17, 15) is 14.7 Å². The predicted octanol–water partition coefficient (Wildman–Crippen LogP) is 5.31. The van der Waals surface area contributed by atoms with Gasteiger partial charge in [-0.05, 0) is 40.0 Å². The molecule has 3 aromatic rings. The lowest BCUT2D eigenvalue weighted by Gasteiger charge is -2.18. The number of hydrogen-bond donors (Lipinski definition) is 2. The van der Waals surface area contributed by atoms with Crippen molar-refractivity contribution < 1.29 is 19.4 Å². The Bertz CT molecular complexity index is 1240. The molecular formula is C26H20ClN2O4. The summed E-state index contributed by atoms with van der Waals surface area (Å²) in [7, 11) is 0. The minimum atomic E-state index is -1.15. The van der Waals surface area contributed by atoms with Crippen LogP contribution in [0.3, 0.4) is 0 Å². The van der Waals surface area contributed by atoms with Crippen molar-refractivity contribution in [2.45, 2.75) is 18.4 Å². The molecule has 0 bridgehead atoms. The monoisotopic (exact) mass is 459 g/mol. The number of carboxylic acid groups (broad SMARTS) is 1. The van der Waals surface area contributed by atoms with E-state index in [2.05, 4.69) is 22.8 Å². The standard InChI is InChI=1S/C26H20ClN2O4/c27-16-9-10-17-15(13-28-23(17)12-16)11-24(25(30)31)29-26(32)33-14-22-20-7-3-1-5-18(20)19-6-2-4-8-21(19)22/h1-10,12-13,22,24H,11,14H2,(H,29,32)(H,30,31)/t24-/m1/s1. The number of halogens is 1. The van der Waals surface area contributed by atoms with Gasteiger partial charge in [-0.25, -0.2) is 9.59 Å². The van der Waals surface area contributed by atoms with Gasteiger partial charge in [0.1, 0.15) is 12.6 Å². The van der Waals surface area contributed by atoms with E-state index in [0.29, 0.717) is 16.3 Å². The SMILES string of the molecule is O=C(N[C@H](CC1=C[N]c2cc(Cl)ccc21)C(=O)O)OCC1c2ccccc2-c2ccccc21. The third-order valence-corrected chi connectivity index (χ3v) is 6.26. The molecule has 0 aromatic heterocycles. The third kappa shape index (κ3) is 4.05. The summed E-state index contributed by atoms with van der Waals surface area (Å²) >= 11 is 6.00. The van der Waals surface area contributed by atoms with Crippen LogP contribution < -0.4 is 10.6 Å². The molecule has 1 amide bonds. The molecule has 0 spiro atoms. The minimum absolute atomic E-state index is 0.0810. The number of nitrogens with zero attached hydrogens (tertiary/aromatic N) is 1. The molecule has 2 aliphatic rings. The Kier molecular flexibility index (Phi) is 5.52. The van der Waals surface area contributed by atoms with Crippen molar-refractivity contribution in [2.24, 2.45) is 0 Å². The molecule has 1 aliphatic heterocycles. The van der Waals surface area contributed by atoms with Crippen LogP contribution in [0.5, 0.6) is 0 Å². The van der Waals surface area contributed by atoms with E-state index in [1.807, 2.05) is 36.4 Å². The van der Waals surface area contributed by atoms with E-state index in [0.717, 1.165) is 27.8 Å². The van der Waals surface area contributed by atoms with Crippen molar-refractivity contribution in [3.8, 4) is 11.1 Å². The number of rotatable bonds is 6. The van der Waals surface area contributed by atoms with Gasteiger partial charge in [-0.2, -0.15) is 0 Å². The van der Waals surface area contributed by atoms with Gasteiger partial charge in [0.25, 0.3) is 0 Å². The number of amides is 1. The van der Waals surface area contributed by atoms with Gasteiger partial charge in [0.05, 0.1) is 5.69 Å². The number of carbonyl (C=O) groups is 2. The molecule has 0 unspecified atom stereocenters. The van der Waals surface area contributed by atoms with Gasteiger partial charge in [-0.15, -0.1) is 0 Å². The predicted molar refractivity (Wildman–Crippen MR) is 125 cm³/mol. The Morgan fingerprint density at radius 2 is 1.67 bits per heavy atom. The zero-order chi connectivity index (χ0) is 22.9. The zero-order valence-corrected chi connectivity index (χ0v) is 18.3. The van der Waals surface area contributed by atoms with Gasteiger partial charge in [-0.1, -0.05) is 66.2 Å². The molecule has 1 aliphatic carbocycles. The summed E-state index contributed by atoms with van der Waals surface area (Å²) in [6.07, 6.45) is 0.921.